The van der Waals surface area contributed by atoms with Crippen LogP contribution in [-0.2, 0) is 4.74 Å². The van der Waals surface area contributed by atoms with E-state index in [1.54, 1.807) is 6.26 Å². The lowest BCUT2D eigenvalue weighted by atomic mass is 10.00. The zero-order valence-electron chi connectivity index (χ0n) is 27.8. The van der Waals surface area contributed by atoms with Gasteiger partial charge in [0, 0.05) is 22.6 Å². The van der Waals surface area contributed by atoms with Crippen LogP contribution in [0.2, 0.25) is 0 Å². The Kier molecular flexibility index (Phi) is 9.62. The van der Waals surface area contributed by atoms with Gasteiger partial charge in [0.25, 0.3) is 0 Å². The Morgan fingerprint density at radius 1 is 0.360 bits per heavy atom. The Morgan fingerprint density at radius 3 is 1.16 bits per heavy atom. The average Bonchev–Trinajstić information content (AvgIpc) is 3.22. The van der Waals surface area contributed by atoms with E-state index < -0.39 is 0 Å². The molecule has 0 unspecified atom stereocenters. The van der Waals surface area contributed by atoms with Crippen molar-refractivity contribution in [2.24, 2.45) is 0 Å². The van der Waals surface area contributed by atoms with Gasteiger partial charge in [0.15, 0.2) is 0 Å². The van der Waals surface area contributed by atoms with Crippen molar-refractivity contribution in [1.82, 2.24) is 0 Å². The zero-order valence-corrected chi connectivity index (χ0v) is 27.8. The second-order valence-electron chi connectivity index (χ2n) is 12.0. The highest BCUT2D eigenvalue weighted by molar-refractivity contribution is 5.81. The van der Waals surface area contributed by atoms with E-state index in [4.69, 9.17) is 4.74 Å². The van der Waals surface area contributed by atoms with Crippen molar-refractivity contribution in [3.63, 3.8) is 0 Å². The van der Waals surface area contributed by atoms with Gasteiger partial charge in [-0.05, 0) is 105 Å². The molecule has 1 heterocycles. The van der Waals surface area contributed by atoms with Gasteiger partial charge in [0.2, 0.25) is 0 Å². The number of hydrogen-bond acceptors (Lipinski definition) is 2. The lowest BCUT2D eigenvalue weighted by Crippen LogP contribution is -2.10. The normalized spacial score (nSPS) is 15.9. The third-order valence-electron chi connectivity index (χ3n) is 8.73. The maximum atomic E-state index is 6.05. The third kappa shape index (κ3) is 7.41. The summed E-state index contributed by atoms with van der Waals surface area (Å²) < 4.78 is 6.05. The predicted molar refractivity (Wildman–Crippen MR) is 212 cm³/mol. The quantitative estimate of drug-likeness (QED) is 0.172. The number of ether oxygens (including phenoxy) is 1. The molecule has 0 fully saturated rings. The molecule has 0 amide bonds. The van der Waals surface area contributed by atoms with Gasteiger partial charge in [-0.15, -0.1) is 0 Å². The minimum absolute atomic E-state index is 0.735. The molecule has 2 nitrogen and oxygen atoms in total. The summed E-state index contributed by atoms with van der Waals surface area (Å²) in [5, 5.41) is 0. The summed E-state index contributed by atoms with van der Waals surface area (Å²) in [6.45, 7) is 8.18. The van der Waals surface area contributed by atoms with Crippen LogP contribution >= 0.6 is 0 Å². The minimum atomic E-state index is 0.735. The molecular formula is C48H37NO. The summed E-state index contributed by atoms with van der Waals surface area (Å²) in [4.78, 5) is 2.29. The summed E-state index contributed by atoms with van der Waals surface area (Å²) in [7, 11) is 0. The molecule has 0 aliphatic carbocycles. The van der Waals surface area contributed by atoms with Crippen LogP contribution in [0.4, 0.5) is 17.1 Å². The molecule has 7 rings (SSSR count). The molecule has 0 radical (unpaired) electrons. The van der Waals surface area contributed by atoms with Gasteiger partial charge >= 0.3 is 0 Å². The highest BCUT2D eigenvalue weighted by atomic mass is 16.5. The second kappa shape index (κ2) is 15.1. The number of hydrogen-bond donors (Lipinski definition) is 0. The predicted octanol–water partition coefficient (Wildman–Crippen LogP) is 13.3. The smallest absolute Gasteiger partial charge is 0.133 e. The minimum Gasteiger partial charge on any atom is -0.464 e. The maximum Gasteiger partial charge on any atom is 0.133 e. The van der Waals surface area contributed by atoms with Gasteiger partial charge in [-0.25, -0.2) is 0 Å². The van der Waals surface area contributed by atoms with Gasteiger partial charge in [-0.3, -0.25) is 0 Å². The Labute approximate surface area is 295 Å². The molecule has 1 aliphatic heterocycles. The standard InChI is InChI=1S/C48H37NO/c1-36-12-9-10-35-50-48(18-11-13-37(36)2)44-27-33-47(34-28-44)49(45-29-23-42(24-30-45)39-16-7-4-8-17-39)46-31-25-43(26-32-46)41-21-19-40(20-22-41)38-14-5-3-6-15-38/h3-35H,1-2H2/b12-9-,13-11-,35-10-,48-18-. The van der Waals surface area contributed by atoms with Crippen molar-refractivity contribution in [3.05, 3.63) is 230 Å². The van der Waals surface area contributed by atoms with Gasteiger partial charge in [-0.2, -0.15) is 0 Å². The van der Waals surface area contributed by atoms with Crippen LogP contribution in [-0.4, -0.2) is 0 Å². The lowest BCUT2D eigenvalue weighted by Gasteiger charge is -2.26. The van der Waals surface area contributed by atoms with Crippen LogP contribution in [0.5, 0.6) is 0 Å². The van der Waals surface area contributed by atoms with E-state index >= 15 is 0 Å². The van der Waals surface area contributed by atoms with Gasteiger partial charge in [0.05, 0.1) is 6.26 Å². The molecule has 2 heteroatoms. The summed E-state index contributed by atoms with van der Waals surface area (Å²) >= 11 is 0. The number of allylic oxidation sites excluding steroid dienone is 8. The van der Waals surface area contributed by atoms with Crippen molar-refractivity contribution < 1.29 is 4.74 Å². The SMILES string of the molecule is C=C1/C=C\C=C/O/C(c2ccc(N(c3ccc(-c4ccccc4)cc3)c3ccc(-c4ccc(-c5ccccc5)cc4)cc3)cc2)=C\C=C/C1=C. The van der Waals surface area contributed by atoms with Crippen molar-refractivity contribution in [3.8, 4) is 33.4 Å². The van der Waals surface area contributed by atoms with Crippen LogP contribution in [0, 0.1) is 0 Å². The van der Waals surface area contributed by atoms with Crippen molar-refractivity contribution in [2.45, 2.75) is 0 Å². The Morgan fingerprint density at radius 2 is 0.720 bits per heavy atom. The van der Waals surface area contributed by atoms with E-state index in [2.05, 4.69) is 164 Å². The number of nitrogens with zero attached hydrogens (tertiary/aromatic N) is 1. The largest absolute Gasteiger partial charge is 0.464 e. The first-order valence-electron chi connectivity index (χ1n) is 16.7. The van der Waals surface area contributed by atoms with Crippen LogP contribution < -0.4 is 4.90 Å². The monoisotopic (exact) mass is 643 g/mol. The van der Waals surface area contributed by atoms with Crippen molar-refractivity contribution in [1.29, 1.82) is 0 Å². The van der Waals surface area contributed by atoms with E-state index in [1.807, 2.05) is 48.6 Å². The first kappa shape index (κ1) is 31.9. The molecule has 240 valence electrons. The average molecular weight is 644 g/mol. The summed E-state index contributed by atoms with van der Waals surface area (Å²) in [5.74, 6) is 0.735. The molecule has 0 saturated carbocycles. The zero-order chi connectivity index (χ0) is 34.1. The van der Waals surface area contributed by atoms with Crippen LogP contribution in [0.3, 0.4) is 0 Å². The van der Waals surface area contributed by atoms with E-state index in [0.717, 1.165) is 39.5 Å². The highest BCUT2D eigenvalue weighted by Gasteiger charge is 2.14. The molecule has 6 aromatic rings. The number of rotatable bonds is 7. The summed E-state index contributed by atoms with van der Waals surface area (Å²) in [6.07, 6.45) is 13.2. The molecule has 0 N–H and O–H groups in total. The summed E-state index contributed by atoms with van der Waals surface area (Å²) in [6, 6.07) is 55.7. The number of anilines is 3. The molecule has 1 aliphatic rings. The van der Waals surface area contributed by atoms with Crippen molar-refractivity contribution >= 4 is 22.8 Å². The Balaban J connectivity index is 1.21. The van der Waals surface area contributed by atoms with E-state index in [9.17, 15) is 0 Å². The van der Waals surface area contributed by atoms with Crippen molar-refractivity contribution in [2.75, 3.05) is 4.90 Å². The molecule has 0 aromatic heterocycles. The van der Waals surface area contributed by atoms with Gasteiger partial charge in [0.1, 0.15) is 5.76 Å². The first-order valence-corrected chi connectivity index (χ1v) is 16.7. The summed E-state index contributed by atoms with van der Waals surface area (Å²) in [5.41, 5.74) is 13.0. The van der Waals surface area contributed by atoms with Gasteiger partial charge in [-0.1, -0.05) is 147 Å². The fourth-order valence-corrected chi connectivity index (χ4v) is 5.94. The van der Waals surface area contributed by atoms with Gasteiger partial charge < -0.3 is 9.64 Å². The highest BCUT2D eigenvalue weighted by Crippen LogP contribution is 2.37. The molecule has 50 heavy (non-hydrogen) atoms. The molecule has 6 aromatic carbocycles. The van der Waals surface area contributed by atoms with E-state index in [0.29, 0.717) is 0 Å². The molecular weight excluding hydrogens is 607 g/mol. The van der Waals surface area contributed by atoms with Crippen LogP contribution in [0.15, 0.2) is 225 Å². The molecule has 0 saturated heterocycles. The first-order chi connectivity index (χ1) is 24.6. The fourth-order valence-electron chi connectivity index (χ4n) is 5.94. The second-order valence-corrected chi connectivity index (χ2v) is 12.0. The topological polar surface area (TPSA) is 12.5 Å². The maximum absolute atomic E-state index is 6.05. The Bertz CT molecular complexity index is 2200. The Hall–Kier alpha value is -6.64. The number of benzene rings is 6. The lowest BCUT2D eigenvalue weighted by molar-refractivity contribution is 0.437. The third-order valence-corrected chi connectivity index (χ3v) is 8.73. The fraction of sp³-hybridized carbons (Fsp3) is 0. The molecule has 0 bridgehead atoms. The van der Waals surface area contributed by atoms with E-state index in [1.165, 1.54) is 33.4 Å². The molecule has 0 spiro atoms. The van der Waals surface area contributed by atoms with E-state index in [-0.39, 0.29) is 0 Å². The van der Waals surface area contributed by atoms with Crippen LogP contribution in [0.1, 0.15) is 5.56 Å². The van der Waals surface area contributed by atoms with Crippen LogP contribution in [0.25, 0.3) is 39.1 Å². The molecule has 0 atom stereocenters.